The van der Waals surface area contributed by atoms with Crippen molar-refractivity contribution in [2.45, 2.75) is 19.9 Å². The number of likely N-dealkylation sites (N-methyl/N-ethyl adjacent to an activating group) is 1. The molecule has 0 aliphatic rings. The molecular weight excluding hydrogens is 275 g/mol. The van der Waals surface area contributed by atoms with E-state index >= 15 is 0 Å². The summed E-state index contributed by atoms with van der Waals surface area (Å²) in [5, 5.41) is 5.65. The molecule has 0 heterocycles. The van der Waals surface area contributed by atoms with Crippen molar-refractivity contribution in [2.75, 3.05) is 6.54 Å². The fraction of sp³-hybridized carbons (Fsp3) is 0.333. The minimum absolute atomic E-state index is 0.180. The number of hydrogen-bond donors (Lipinski definition) is 2. The lowest BCUT2D eigenvalue weighted by atomic mass is 10.2. The summed E-state index contributed by atoms with van der Waals surface area (Å²) in [6, 6.07) is 4.13. The Hall–Kier alpha value is -1.26. The second-order valence-electron chi connectivity index (χ2n) is 3.69. The number of carbonyl (C=O) groups excluding carboxylic acids is 2. The molecule has 6 heteroatoms. The Labute approximate surface area is 116 Å². The summed E-state index contributed by atoms with van der Waals surface area (Å²) in [6.07, 6.45) is 0. The molecule has 2 N–H and O–H groups in total. The minimum atomic E-state index is -0.632. The van der Waals surface area contributed by atoms with Crippen LogP contribution in [0.2, 0.25) is 10.0 Å². The Bertz CT molecular complexity index is 463. The van der Waals surface area contributed by atoms with Crippen molar-refractivity contribution in [1.29, 1.82) is 0 Å². The number of amides is 2. The molecule has 0 spiro atoms. The van der Waals surface area contributed by atoms with E-state index in [0.717, 1.165) is 0 Å². The maximum atomic E-state index is 11.9. The number of rotatable bonds is 4. The molecule has 0 radical (unpaired) electrons. The monoisotopic (exact) mass is 288 g/mol. The first kappa shape index (κ1) is 14.8. The quantitative estimate of drug-likeness (QED) is 0.893. The lowest BCUT2D eigenvalue weighted by Gasteiger charge is -2.14. The van der Waals surface area contributed by atoms with Crippen molar-refractivity contribution >= 4 is 35.0 Å². The summed E-state index contributed by atoms with van der Waals surface area (Å²) in [6.45, 7) is 3.92. The maximum Gasteiger partial charge on any atom is 0.253 e. The van der Waals surface area contributed by atoms with Gasteiger partial charge in [-0.3, -0.25) is 9.59 Å². The van der Waals surface area contributed by atoms with E-state index in [-0.39, 0.29) is 16.5 Å². The highest BCUT2D eigenvalue weighted by Crippen LogP contribution is 2.25. The van der Waals surface area contributed by atoms with E-state index in [9.17, 15) is 9.59 Å². The van der Waals surface area contributed by atoms with Crippen LogP contribution in [-0.4, -0.2) is 24.4 Å². The van der Waals surface area contributed by atoms with Crippen molar-refractivity contribution in [3.05, 3.63) is 33.8 Å². The van der Waals surface area contributed by atoms with Gasteiger partial charge in [0.15, 0.2) is 0 Å². The predicted octanol–water partition coefficient (Wildman–Crippen LogP) is 2.25. The second kappa shape index (κ2) is 6.61. The zero-order chi connectivity index (χ0) is 13.7. The zero-order valence-corrected chi connectivity index (χ0v) is 11.6. The Balaban J connectivity index is 2.77. The van der Waals surface area contributed by atoms with Gasteiger partial charge in [-0.15, -0.1) is 0 Å². The lowest BCUT2D eigenvalue weighted by molar-refractivity contribution is -0.122. The second-order valence-corrected chi connectivity index (χ2v) is 4.48. The molecule has 0 aliphatic carbocycles. The van der Waals surface area contributed by atoms with Gasteiger partial charge in [0.1, 0.15) is 6.04 Å². The van der Waals surface area contributed by atoms with E-state index in [1.165, 1.54) is 0 Å². The molecule has 0 bridgehead atoms. The van der Waals surface area contributed by atoms with Crippen LogP contribution in [0.4, 0.5) is 0 Å². The molecular formula is C12H14Cl2N2O2. The summed E-state index contributed by atoms with van der Waals surface area (Å²) < 4.78 is 0. The fourth-order valence-corrected chi connectivity index (χ4v) is 1.73. The normalized spacial score (nSPS) is 11.8. The number of nitrogens with one attached hydrogen (secondary N) is 2. The Morgan fingerprint density at radius 1 is 1.33 bits per heavy atom. The average Bonchev–Trinajstić information content (AvgIpc) is 2.32. The average molecular weight is 289 g/mol. The molecule has 0 saturated heterocycles. The van der Waals surface area contributed by atoms with Gasteiger partial charge in [0, 0.05) is 6.54 Å². The first-order valence-corrected chi connectivity index (χ1v) is 6.25. The topological polar surface area (TPSA) is 58.2 Å². The molecule has 98 valence electrons. The highest BCUT2D eigenvalue weighted by Gasteiger charge is 2.18. The van der Waals surface area contributed by atoms with Crippen molar-refractivity contribution < 1.29 is 9.59 Å². The van der Waals surface area contributed by atoms with E-state index in [4.69, 9.17) is 23.2 Å². The van der Waals surface area contributed by atoms with E-state index < -0.39 is 11.9 Å². The molecule has 18 heavy (non-hydrogen) atoms. The van der Waals surface area contributed by atoms with Gasteiger partial charge in [-0.25, -0.2) is 0 Å². The smallest absolute Gasteiger partial charge is 0.253 e. The van der Waals surface area contributed by atoms with Gasteiger partial charge in [0.2, 0.25) is 5.91 Å². The van der Waals surface area contributed by atoms with Gasteiger partial charge in [-0.1, -0.05) is 29.3 Å². The van der Waals surface area contributed by atoms with E-state index in [1.807, 2.05) is 0 Å². The van der Waals surface area contributed by atoms with Crippen LogP contribution in [0.15, 0.2) is 18.2 Å². The summed E-state index contributed by atoms with van der Waals surface area (Å²) in [5.41, 5.74) is 0.250. The molecule has 1 aromatic carbocycles. The molecule has 0 fully saturated rings. The molecule has 1 rings (SSSR count). The van der Waals surface area contributed by atoms with Gasteiger partial charge in [-0.2, -0.15) is 0 Å². The Morgan fingerprint density at radius 3 is 2.61 bits per heavy atom. The number of hydrogen-bond acceptors (Lipinski definition) is 2. The van der Waals surface area contributed by atoms with Gasteiger partial charge in [0.05, 0.1) is 15.6 Å². The molecule has 4 nitrogen and oxygen atoms in total. The number of benzene rings is 1. The van der Waals surface area contributed by atoms with Gasteiger partial charge in [0.25, 0.3) is 5.91 Å². The first-order chi connectivity index (χ1) is 8.47. The van der Waals surface area contributed by atoms with Crippen molar-refractivity contribution in [2.24, 2.45) is 0 Å². The molecule has 0 aliphatic heterocycles. The van der Waals surface area contributed by atoms with Crippen LogP contribution in [0.1, 0.15) is 24.2 Å². The molecule has 2 amide bonds. The summed E-state index contributed by atoms with van der Waals surface area (Å²) in [5.74, 6) is -0.676. The van der Waals surface area contributed by atoms with Crippen LogP contribution < -0.4 is 10.6 Å². The van der Waals surface area contributed by atoms with Crippen molar-refractivity contribution in [3.8, 4) is 0 Å². The third-order valence-corrected chi connectivity index (χ3v) is 3.11. The molecule has 0 saturated carbocycles. The first-order valence-electron chi connectivity index (χ1n) is 5.50. The molecule has 0 aromatic heterocycles. The molecule has 1 atom stereocenters. The van der Waals surface area contributed by atoms with Crippen molar-refractivity contribution in [1.82, 2.24) is 10.6 Å². The van der Waals surface area contributed by atoms with Gasteiger partial charge < -0.3 is 10.6 Å². The lowest BCUT2D eigenvalue weighted by Crippen LogP contribution is -2.44. The SMILES string of the molecule is CCNC(=O)C(C)NC(=O)c1cccc(Cl)c1Cl. The predicted molar refractivity (Wildman–Crippen MR) is 72.1 cm³/mol. The van der Waals surface area contributed by atoms with Gasteiger partial charge >= 0.3 is 0 Å². The maximum absolute atomic E-state index is 11.9. The van der Waals surface area contributed by atoms with Crippen LogP contribution in [0.25, 0.3) is 0 Å². The largest absolute Gasteiger partial charge is 0.355 e. The third-order valence-electron chi connectivity index (χ3n) is 2.29. The fourth-order valence-electron chi connectivity index (χ4n) is 1.35. The van der Waals surface area contributed by atoms with Crippen LogP contribution in [0, 0.1) is 0 Å². The zero-order valence-electron chi connectivity index (χ0n) is 10.1. The van der Waals surface area contributed by atoms with Gasteiger partial charge in [-0.05, 0) is 26.0 Å². The van der Waals surface area contributed by atoms with Crippen LogP contribution in [0.3, 0.4) is 0 Å². The molecule has 1 aromatic rings. The Kier molecular flexibility index (Phi) is 5.44. The highest BCUT2D eigenvalue weighted by atomic mass is 35.5. The summed E-state index contributed by atoms with van der Waals surface area (Å²) >= 11 is 11.7. The van der Waals surface area contributed by atoms with Crippen LogP contribution in [-0.2, 0) is 4.79 Å². The summed E-state index contributed by atoms with van der Waals surface area (Å²) in [7, 11) is 0. The van der Waals surface area contributed by atoms with E-state index in [2.05, 4.69) is 10.6 Å². The number of carbonyl (C=O) groups is 2. The Morgan fingerprint density at radius 2 is 2.00 bits per heavy atom. The van der Waals surface area contributed by atoms with E-state index in [1.54, 1.807) is 32.0 Å². The number of halogens is 2. The van der Waals surface area contributed by atoms with Crippen LogP contribution in [0.5, 0.6) is 0 Å². The molecule has 1 unspecified atom stereocenters. The summed E-state index contributed by atoms with van der Waals surface area (Å²) in [4.78, 5) is 23.4. The third kappa shape index (κ3) is 3.62. The van der Waals surface area contributed by atoms with E-state index in [0.29, 0.717) is 11.6 Å². The highest BCUT2D eigenvalue weighted by molar-refractivity contribution is 6.43. The van der Waals surface area contributed by atoms with Crippen molar-refractivity contribution in [3.63, 3.8) is 0 Å². The minimum Gasteiger partial charge on any atom is -0.355 e. The standard InChI is InChI=1S/C12H14Cl2N2O2/c1-3-15-11(17)7(2)16-12(18)8-5-4-6-9(13)10(8)14/h4-7H,3H2,1-2H3,(H,15,17)(H,16,18). The van der Waals surface area contributed by atoms with Crippen LogP contribution >= 0.6 is 23.2 Å².